The van der Waals surface area contributed by atoms with Gasteiger partial charge in [0, 0.05) is 12.1 Å². The lowest BCUT2D eigenvalue weighted by molar-refractivity contribution is -0.117. The summed E-state index contributed by atoms with van der Waals surface area (Å²) in [6.07, 6.45) is 0. The van der Waals surface area contributed by atoms with Crippen molar-refractivity contribution in [1.82, 2.24) is 4.72 Å². The van der Waals surface area contributed by atoms with Crippen LogP contribution >= 0.6 is 0 Å². The lowest BCUT2D eigenvalue weighted by atomic mass is 10.2. The van der Waals surface area contributed by atoms with Crippen molar-refractivity contribution in [2.75, 3.05) is 20.3 Å². The number of phenolic OH excluding ortho intramolecular Hbond substituents is 1. The minimum Gasteiger partial charge on any atom is -0.568 e. The van der Waals surface area contributed by atoms with Gasteiger partial charge in [-0.1, -0.05) is 18.2 Å². The fourth-order valence-corrected chi connectivity index (χ4v) is 4.14. The van der Waals surface area contributed by atoms with Crippen molar-refractivity contribution in [3.05, 3.63) is 48.3 Å². The highest BCUT2D eigenvalue weighted by Crippen LogP contribution is 2.36. The molecule has 0 bridgehead atoms. The molecule has 0 aromatic heterocycles. The number of amides is 1. The summed E-state index contributed by atoms with van der Waals surface area (Å²) in [5.41, 5.74) is -0.435. The molecule has 26 heavy (non-hydrogen) atoms. The molecular weight excluding hydrogens is 387 g/mol. The maximum atomic E-state index is 14.3. The third kappa shape index (κ3) is 3.92. The van der Waals surface area contributed by atoms with Crippen LogP contribution in [0.1, 0.15) is 0 Å². The molecule has 2 aromatic rings. The zero-order valence-corrected chi connectivity index (χ0v) is 14.6. The summed E-state index contributed by atoms with van der Waals surface area (Å²) in [4.78, 5) is 11.2. The monoisotopic (exact) mass is 400 g/mol. The number of carbonyl (C=O) groups excluding carboxylic acids is 1. The molecule has 4 N–H and O–H groups in total. The highest BCUT2D eigenvalue weighted by atomic mass is 32.2. The Morgan fingerprint density at radius 2 is 1.85 bits per heavy atom. The minimum atomic E-state index is -4.09. The first-order valence-corrected chi connectivity index (χ1v) is 9.71. The number of nitrogens with one attached hydrogen (secondary N) is 3. The zero-order valence-electron chi connectivity index (χ0n) is 13.0. The van der Waals surface area contributed by atoms with Crippen LogP contribution in [0, 0.1) is 5.82 Å². The second kappa shape index (κ2) is 6.90. The first kappa shape index (κ1) is 18.1. The summed E-state index contributed by atoms with van der Waals surface area (Å²) >= 11 is -2.03. The van der Waals surface area contributed by atoms with Gasteiger partial charge in [0.25, 0.3) is 5.91 Å². The number of para-hydroxylation sites is 1. The van der Waals surface area contributed by atoms with E-state index in [1.54, 1.807) is 18.2 Å². The van der Waals surface area contributed by atoms with Crippen molar-refractivity contribution in [1.29, 1.82) is 0 Å². The predicted molar refractivity (Wildman–Crippen MR) is 94.3 cm³/mol. The normalized spacial score (nSPS) is 17.1. The molecule has 0 spiro atoms. The number of benzene rings is 2. The predicted octanol–water partition coefficient (Wildman–Crippen LogP) is 0.815. The number of hydrogen-bond acceptors (Lipinski definition) is 6. The van der Waals surface area contributed by atoms with Crippen LogP contribution in [0.5, 0.6) is 5.75 Å². The molecule has 9 nitrogen and oxygen atoms in total. The molecular formula is C14H13FN4O5S2. The van der Waals surface area contributed by atoms with Gasteiger partial charge in [0.15, 0.2) is 29.6 Å². The highest BCUT2D eigenvalue weighted by Gasteiger charge is 2.37. The van der Waals surface area contributed by atoms with Crippen LogP contribution in [0.15, 0.2) is 42.5 Å². The number of phenols is 1. The van der Waals surface area contributed by atoms with Crippen molar-refractivity contribution >= 4 is 44.7 Å². The van der Waals surface area contributed by atoms with Crippen LogP contribution in [0.2, 0.25) is 0 Å². The molecule has 1 unspecified atom stereocenters. The molecule has 12 heteroatoms. The number of hydrogen-bond donors (Lipinski definition) is 4. The molecule has 0 saturated carbocycles. The van der Waals surface area contributed by atoms with Crippen LogP contribution in [0.3, 0.4) is 0 Å². The Labute approximate surface area is 151 Å². The van der Waals surface area contributed by atoms with Crippen molar-refractivity contribution in [3.8, 4) is 5.75 Å². The molecule has 1 aliphatic rings. The number of rotatable bonds is 5. The van der Waals surface area contributed by atoms with Crippen molar-refractivity contribution in [2.45, 2.75) is 0 Å². The van der Waals surface area contributed by atoms with Gasteiger partial charge >= 0.3 is 10.2 Å². The van der Waals surface area contributed by atoms with E-state index in [9.17, 15) is 27.3 Å². The Morgan fingerprint density at radius 1 is 1.19 bits per heavy atom. The third-order valence-electron chi connectivity index (χ3n) is 3.26. The minimum absolute atomic E-state index is 0.253. The number of carbonyl (C=O) groups is 1. The van der Waals surface area contributed by atoms with Gasteiger partial charge in [-0.25, -0.2) is 4.39 Å². The zero-order chi connectivity index (χ0) is 18.9. The maximum Gasteiger partial charge on any atom is 0.321 e. The van der Waals surface area contributed by atoms with E-state index < -0.39 is 51.5 Å². The van der Waals surface area contributed by atoms with Gasteiger partial charge in [-0.05, 0) is 12.1 Å². The van der Waals surface area contributed by atoms with Crippen LogP contribution in [-0.4, -0.2) is 30.5 Å². The lowest BCUT2D eigenvalue weighted by Crippen LogP contribution is -2.30. The largest absolute Gasteiger partial charge is 0.568 e. The van der Waals surface area contributed by atoms with Gasteiger partial charge < -0.3 is 9.66 Å². The first-order valence-electron chi connectivity index (χ1n) is 7.12. The van der Waals surface area contributed by atoms with E-state index in [0.717, 1.165) is 16.4 Å². The van der Waals surface area contributed by atoms with Gasteiger partial charge in [0.05, 0.1) is 11.4 Å². The molecule has 2 aromatic carbocycles. The molecule has 1 amide bonds. The van der Waals surface area contributed by atoms with Crippen LogP contribution in [-0.2, 0) is 26.6 Å². The van der Waals surface area contributed by atoms with Crippen molar-refractivity contribution in [2.24, 2.45) is 0 Å². The summed E-state index contributed by atoms with van der Waals surface area (Å²) < 4.78 is 57.4. The summed E-state index contributed by atoms with van der Waals surface area (Å²) in [7, 11) is -4.09. The molecule has 1 aliphatic heterocycles. The van der Waals surface area contributed by atoms with Crippen molar-refractivity contribution in [3.63, 3.8) is 0 Å². The Hall–Kier alpha value is -2.70. The number of halogens is 1. The van der Waals surface area contributed by atoms with Gasteiger partial charge in [-0.3, -0.25) is 14.2 Å². The van der Waals surface area contributed by atoms with E-state index in [4.69, 9.17) is 0 Å². The van der Waals surface area contributed by atoms with Gasteiger partial charge in [0.2, 0.25) is 0 Å². The molecule has 1 fully saturated rings. The summed E-state index contributed by atoms with van der Waals surface area (Å²) in [6.45, 7) is -0.405. The fourth-order valence-electron chi connectivity index (χ4n) is 2.27. The Kier molecular flexibility index (Phi) is 4.80. The van der Waals surface area contributed by atoms with Crippen molar-refractivity contribution < 1.29 is 27.3 Å². The van der Waals surface area contributed by atoms with Gasteiger partial charge in [-0.15, -0.1) is 4.72 Å². The Balaban J connectivity index is 1.83. The SMILES string of the molecule is O=C1CN(c2c(O)cc(NS(=O)(=O)Nc3ccccc3)cc2F)[S+]([O-])N1. The van der Waals surface area contributed by atoms with E-state index in [1.807, 2.05) is 0 Å². The van der Waals surface area contributed by atoms with E-state index in [-0.39, 0.29) is 5.69 Å². The standard InChI is InChI=1S/C14H13FN4O5S2/c15-11-6-10(18-26(23,24)17-9-4-2-1-3-5-9)7-12(20)14(11)19-8-13(21)16-25(19)22/h1-7,17-18,20H,8H2,(H,16,21). The molecule has 138 valence electrons. The van der Waals surface area contributed by atoms with E-state index >= 15 is 0 Å². The number of anilines is 3. The van der Waals surface area contributed by atoms with Gasteiger partial charge in [-0.2, -0.15) is 12.7 Å². The van der Waals surface area contributed by atoms with Crippen LogP contribution in [0.25, 0.3) is 0 Å². The molecule has 1 heterocycles. The Morgan fingerprint density at radius 3 is 2.42 bits per heavy atom. The van der Waals surface area contributed by atoms with E-state index in [2.05, 4.69) is 14.2 Å². The summed E-state index contributed by atoms with van der Waals surface area (Å²) in [5.74, 6) is -2.32. The fraction of sp³-hybridized carbons (Fsp3) is 0.0714. The van der Waals surface area contributed by atoms with E-state index in [1.165, 1.54) is 12.1 Å². The lowest BCUT2D eigenvalue weighted by Gasteiger charge is -2.18. The summed E-state index contributed by atoms with van der Waals surface area (Å²) in [5, 5.41) is 10.0. The smallest absolute Gasteiger partial charge is 0.321 e. The molecule has 1 atom stereocenters. The summed E-state index contributed by atoms with van der Waals surface area (Å²) in [6, 6.07) is 9.76. The average Bonchev–Trinajstić information content (AvgIpc) is 2.85. The third-order valence-corrected chi connectivity index (χ3v) is 5.38. The molecule has 0 aliphatic carbocycles. The second-order valence-electron chi connectivity index (χ2n) is 5.21. The average molecular weight is 400 g/mol. The second-order valence-corrected chi connectivity index (χ2v) is 7.77. The number of aromatic hydroxyl groups is 1. The van der Waals surface area contributed by atoms with E-state index in [0.29, 0.717) is 5.69 Å². The topological polar surface area (TPSA) is 134 Å². The highest BCUT2D eigenvalue weighted by molar-refractivity contribution is 7.94. The van der Waals surface area contributed by atoms with Crippen LogP contribution in [0.4, 0.5) is 21.5 Å². The molecule has 3 rings (SSSR count). The quantitative estimate of drug-likeness (QED) is 0.549. The molecule has 1 saturated heterocycles. The Bertz CT molecular complexity index is 919. The number of nitrogens with zero attached hydrogens (tertiary/aromatic N) is 1. The first-order chi connectivity index (χ1) is 12.2. The molecule has 0 radical (unpaired) electrons. The maximum absolute atomic E-state index is 14.3. The van der Waals surface area contributed by atoms with Gasteiger partial charge in [0.1, 0.15) is 5.75 Å². The van der Waals surface area contributed by atoms with Crippen LogP contribution < -0.4 is 18.5 Å².